The second kappa shape index (κ2) is 15.2. The molecule has 0 aromatic carbocycles. The van der Waals surface area contributed by atoms with Crippen molar-refractivity contribution in [3.63, 3.8) is 0 Å². The fourth-order valence-corrected chi connectivity index (χ4v) is 1.49. The van der Waals surface area contributed by atoms with E-state index in [2.05, 4.69) is 49.6 Å². The largest absolute Gasteiger partial charge is 2.00 e. The number of halogens is 2. The summed E-state index contributed by atoms with van der Waals surface area (Å²) in [6.45, 7) is 7.26. The van der Waals surface area contributed by atoms with Crippen LogP contribution >= 0.6 is 0 Å². The first-order valence-corrected chi connectivity index (χ1v) is 5.61. The van der Waals surface area contributed by atoms with Crippen molar-refractivity contribution in [1.29, 1.82) is 0 Å². The number of hydrogen-bond acceptors (Lipinski definition) is 0. The van der Waals surface area contributed by atoms with Crippen molar-refractivity contribution in [2.75, 3.05) is 0 Å². The zero-order valence-electron chi connectivity index (χ0n) is 11.0. The van der Waals surface area contributed by atoms with Gasteiger partial charge in [0.1, 0.15) is 0 Å². The summed E-state index contributed by atoms with van der Waals surface area (Å²) in [5.74, 6) is 0. The molecule has 0 radical (unpaired) electrons. The molecule has 0 heterocycles. The van der Waals surface area contributed by atoms with E-state index in [9.17, 15) is 0 Å². The van der Waals surface area contributed by atoms with E-state index in [0.717, 1.165) is 25.7 Å². The van der Waals surface area contributed by atoms with Gasteiger partial charge < -0.3 is 0 Å². The van der Waals surface area contributed by atoms with Gasteiger partial charge in [0.15, 0.2) is 0 Å². The monoisotopic (exact) mass is 340 g/mol. The second-order valence-electron chi connectivity index (χ2n) is 3.60. The maximum atomic E-state index is 3.63. The quantitative estimate of drug-likeness (QED) is 0.509. The molecule has 0 saturated heterocycles. The Morgan fingerprint density at radius 3 is 1.47 bits per heavy atom. The van der Waals surface area contributed by atoms with E-state index in [1.165, 1.54) is 11.1 Å². The van der Waals surface area contributed by atoms with Gasteiger partial charge in [0.2, 0.25) is 0 Å². The maximum absolute atomic E-state index is 3.63. The first kappa shape index (κ1) is 23.3. The van der Waals surface area contributed by atoms with Gasteiger partial charge in [-0.3, -0.25) is 21.6 Å². The minimum Gasteiger partial charge on any atom is -0.269 e. The summed E-state index contributed by atoms with van der Waals surface area (Å²) in [4.78, 5) is 0. The molecule has 0 unspecified atom stereocenters. The molecular weight excluding hydrogens is 321 g/mol. The Bertz CT molecular complexity index is 327. The Morgan fingerprint density at radius 1 is 0.895 bits per heavy atom. The van der Waals surface area contributed by atoms with Crippen LogP contribution in [0.2, 0.25) is 0 Å². The van der Waals surface area contributed by atoms with Crippen molar-refractivity contribution < 1.29 is 35.6 Å². The molecule has 0 fully saturated rings. The molecule has 0 atom stereocenters. The summed E-state index contributed by atoms with van der Waals surface area (Å²) < 4.78 is 0. The summed E-state index contributed by atoms with van der Waals surface area (Å²) in [6.07, 6.45) is 22.5. The zero-order valence-corrected chi connectivity index (χ0v) is 13.5. The Balaban J connectivity index is -0.000000233. The average Bonchev–Trinajstić information content (AvgIpc) is 2.92. The molecule has 2 aliphatic rings. The third-order valence-corrected chi connectivity index (χ3v) is 2.26. The third kappa shape index (κ3) is 10.8. The van der Waals surface area contributed by atoms with Crippen molar-refractivity contribution in [3.8, 4) is 0 Å². The van der Waals surface area contributed by atoms with Gasteiger partial charge in [-0.05, 0) is 12.8 Å². The smallest absolute Gasteiger partial charge is 0.269 e. The summed E-state index contributed by atoms with van der Waals surface area (Å²) in [7, 11) is 0. The van der Waals surface area contributed by atoms with Crippen LogP contribution in [-0.4, -0.2) is 0 Å². The van der Waals surface area contributed by atoms with Gasteiger partial charge in [0.25, 0.3) is 0 Å². The normalized spacial score (nSPS) is 13.7. The molecule has 0 bridgehead atoms. The summed E-state index contributed by atoms with van der Waals surface area (Å²) in [6, 6.07) is 0. The molecule has 0 saturated carbocycles. The van der Waals surface area contributed by atoms with Gasteiger partial charge in [0.05, 0.1) is 0 Å². The van der Waals surface area contributed by atoms with E-state index in [-0.39, 0.29) is 35.6 Å². The van der Waals surface area contributed by atoms with Crippen LogP contribution in [0.15, 0.2) is 60.8 Å². The molecule has 3 heteroatoms. The van der Waals surface area contributed by atoms with Crippen LogP contribution in [0.4, 0.5) is 9.41 Å². The molecule has 19 heavy (non-hydrogen) atoms. The Hall–Kier alpha value is -0.817. The number of hydrogen-bond donors (Lipinski definition) is 0. The van der Waals surface area contributed by atoms with Gasteiger partial charge in [-0.25, -0.2) is 23.3 Å². The Kier molecular flexibility index (Phi) is 18.7. The molecule has 0 aliphatic heterocycles. The average molecular weight is 342 g/mol. The number of allylic oxidation sites excluding steroid dienone is 10. The van der Waals surface area contributed by atoms with Crippen LogP contribution in [-0.2, 0) is 26.2 Å². The summed E-state index contributed by atoms with van der Waals surface area (Å²) in [5, 5.41) is 0. The second-order valence-corrected chi connectivity index (χ2v) is 3.60. The van der Waals surface area contributed by atoms with E-state index in [0.29, 0.717) is 0 Å². The predicted octanol–water partition coefficient (Wildman–Crippen LogP) is 4.81. The summed E-state index contributed by atoms with van der Waals surface area (Å²) in [5.41, 5.74) is 2.56. The van der Waals surface area contributed by atoms with E-state index >= 15 is 0 Å². The fourth-order valence-electron chi connectivity index (χ4n) is 1.49. The minimum absolute atomic E-state index is 0. The standard InChI is InChI=1S/2C8H9.2FH.Zr/c2*1-2-5-8-6-3-4-7-8;;;/h2*2-3,6H,1,4-5H2;2*1H;/q2*-1;;;+2. The van der Waals surface area contributed by atoms with Crippen molar-refractivity contribution in [2.45, 2.75) is 25.7 Å². The minimum atomic E-state index is 0. The molecule has 0 aromatic heterocycles. The van der Waals surface area contributed by atoms with Crippen molar-refractivity contribution in [3.05, 3.63) is 72.9 Å². The molecule has 0 nitrogen and oxygen atoms in total. The van der Waals surface area contributed by atoms with E-state index < -0.39 is 0 Å². The molecule has 0 N–H and O–H groups in total. The van der Waals surface area contributed by atoms with E-state index in [1.807, 2.05) is 12.2 Å². The zero-order chi connectivity index (χ0) is 11.6. The van der Waals surface area contributed by atoms with Crippen LogP contribution in [0.1, 0.15) is 25.7 Å². The van der Waals surface area contributed by atoms with Crippen LogP contribution in [0, 0.1) is 12.2 Å². The van der Waals surface area contributed by atoms with Crippen LogP contribution in [0.3, 0.4) is 0 Å². The maximum Gasteiger partial charge on any atom is 2.00 e. The van der Waals surface area contributed by atoms with Gasteiger partial charge >= 0.3 is 26.2 Å². The summed E-state index contributed by atoms with van der Waals surface area (Å²) >= 11 is 0. The van der Waals surface area contributed by atoms with Crippen molar-refractivity contribution in [1.82, 2.24) is 0 Å². The van der Waals surface area contributed by atoms with Crippen molar-refractivity contribution in [2.24, 2.45) is 0 Å². The van der Waals surface area contributed by atoms with E-state index in [1.54, 1.807) is 0 Å². The van der Waals surface area contributed by atoms with Crippen LogP contribution in [0.5, 0.6) is 0 Å². The van der Waals surface area contributed by atoms with E-state index in [4.69, 9.17) is 0 Å². The fraction of sp³-hybridized carbons (Fsp3) is 0.250. The molecule has 0 aromatic rings. The number of rotatable bonds is 4. The molecule has 102 valence electrons. The van der Waals surface area contributed by atoms with Gasteiger partial charge in [0, 0.05) is 0 Å². The Labute approximate surface area is 134 Å². The molecule has 2 aliphatic carbocycles. The van der Waals surface area contributed by atoms with Gasteiger partial charge in [-0.15, -0.1) is 26.0 Å². The first-order valence-electron chi connectivity index (χ1n) is 5.61. The van der Waals surface area contributed by atoms with Crippen LogP contribution in [0.25, 0.3) is 0 Å². The third-order valence-electron chi connectivity index (χ3n) is 2.26. The molecule has 0 spiro atoms. The van der Waals surface area contributed by atoms with Gasteiger partial charge in [-0.2, -0.15) is 12.2 Å². The molecular formula is C16H20F2Zr. The first-order chi connectivity index (χ1) is 7.86. The predicted molar refractivity (Wildman–Crippen MR) is 75.7 cm³/mol. The van der Waals surface area contributed by atoms with Crippen molar-refractivity contribution >= 4 is 0 Å². The SMILES string of the molecule is C=CCC1=[C-]CC=C1.C=CCC1=[C-]CC=C1.F.F.[Zr+2]. The molecule has 2 rings (SSSR count). The van der Waals surface area contributed by atoms with Crippen LogP contribution < -0.4 is 0 Å². The Morgan fingerprint density at radius 2 is 1.26 bits per heavy atom. The molecule has 0 amide bonds. The van der Waals surface area contributed by atoms with Gasteiger partial charge in [-0.1, -0.05) is 12.2 Å². The topological polar surface area (TPSA) is 0 Å².